The number of carbonyl (C=O) groups is 1. The minimum Gasteiger partial charge on any atom is -0.348 e. The maximum atomic E-state index is 11.2. The molecule has 1 aliphatic heterocycles. The molecule has 5 nitrogen and oxygen atoms in total. The van der Waals surface area contributed by atoms with E-state index in [9.17, 15) is 4.79 Å². The van der Waals surface area contributed by atoms with Crippen LogP contribution in [0.3, 0.4) is 0 Å². The highest BCUT2D eigenvalue weighted by molar-refractivity contribution is 5.70. The summed E-state index contributed by atoms with van der Waals surface area (Å²) in [4.78, 5) is 16.5. The summed E-state index contributed by atoms with van der Waals surface area (Å²) in [7, 11) is 0. The van der Waals surface area contributed by atoms with Crippen molar-refractivity contribution in [2.45, 2.75) is 83.5 Å². The molecule has 2 amide bonds. The second-order valence-electron chi connectivity index (χ2n) is 5.87. The summed E-state index contributed by atoms with van der Waals surface area (Å²) in [6, 6.07) is 2.06. The van der Waals surface area contributed by atoms with Gasteiger partial charge in [-0.1, -0.05) is 75.3 Å². The van der Waals surface area contributed by atoms with Gasteiger partial charge in [0.25, 0.3) is 0 Å². The quantitative estimate of drug-likeness (QED) is 0.668. The van der Waals surface area contributed by atoms with Crippen molar-refractivity contribution in [2.24, 2.45) is 5.73 Å². The number of carbonyl (C=O) groups excluding carboxylic acids is 1. The van der Waals surface area contributed by atoms with Gasteiger partial charge in [0.05, 0.1) is 6.61 Å². The van der Waals surface area contributed by atoms with Crippen molar-refractivity contribution >= 4 is 6.03 Å². The Morgan fingerprint density at radius 3 is 1.91 bits per heavy atom. The number of primary amides is 1. The molecule has 0 saturated carbocycles. The zero-order valence-corrected chi connectivity index (χ0v) is 13.7. The fourth-order valence-corrected chi connectivity index (χ4v) is 2.54. The molecule has 0 aromatic heterocycles. The smallest absolute Gasteiger partial charge is 0.348 e. The molecular formula is C17H31N3O2. The van der Waals surface area contributed by atoms with E-state index in [1.165, 1.54) is 57.8 Å². The van der Waals surface area contributed by atoms with Gasteiger partial charge in [-0.25, -0.2) is 15.1 Å². The predicted molar refractivity (Wildman–Crippen MR) is 88.3 cm³/mol. The molecule has 0 aromatic carbocycles. The van der Waals surface area contributed by atoms with E-state index >= 15 is 0 Å². The summed E-state index contributed by atoms with van der Waals surface area (Å²) in [5.74, 6) is 2.99. The molecule has 1 rings (SSSR count). The van der Waals surface area contributed by atoms with Crippen LogP contribution in [-0.4, -0.2) is 17.8 Å². The highest BCUT2D eigenvalue weighted by Crippen LogP contribution is 2.12. The zero-order chi connectivity index (χ0) is 15.9. The number of hydroxylamine groups is 1. The highest BCUT2D eigenvalue weighted by Gasteiger charge is 2.07. The summed E-state index contributed by atoms with van der Waals surface area (Å²) in [6.45, 7) is 0.484. The van der Waals surface area contributed by atoms with E-state index in [1.54, 1.807) is 0 Å². The Bertz CT molecular complexity index is 350. The number of rotatable bonds is 0. The lowest BCUT2D eigenvalue weighted by atomic mass is 10.0. The first-order valence-electron chi connectivity index (χ1n) is 8.76. The summed E-state index contributed by atoms with van der Waals surface area (Å²) >= 11 is 0. The first kappa shape index (κ1) is 18.6. The van der Waals surface area contributed by atoms with Crippen LogP contribution in [0.2, 0.25) is 0 Å². The molecule has 22 heavy (non-hydrogen) atoms. The topological polar surface area (TPSA) is 67.6 Å². The Hall–Kier alpha value is -1.41. The Labute approximate surface area is 134 Å². The summed E-state index contributed by atoms with van der Waals surface area (Å²) in [5.41, 5.74) is 7.85. The Morgan fingerprint density at radius 2 is 1.36 bits per heavy atom. The van der Waals surface area contributed by atoms with Gasteiger partial charge < -0.3 is 5.73 Å². The molecule has 0 radical (unpaired) electrons. The number of nitrogens with two attached hydrogens (primary N) is 1. The predicted octanol–water partition coefficient (Wildman–Crippen LogP) is 3.85. The van der Waals surface area contributed by atoms with Gasteiger partial charge in [-0.3, -0.25) is 0 Å². The van der Waals surface area contributed by atoms with Gasteiger partial charge in [-0.15, -0.1) is 0 Å². The van der Waals surface area contributed by atoms with E-state index < -0.39 is 6.03 Å². The number of hydrogen-bond acceptors (Lipinski definition) is 3. The highest BCUT2D eigenvalue weighted by atomic mass is 16.7. The number of amides is 2. The van der Waals surface area contributed by atoms with Crippen molar-refractivity contribution in [3.8, 4) is 12.0 Å². The van der Waals surface area contributed by atoms with Crippen molar-refractivity contribution in [3.05, 3.63) is 0 Å². The Kier molecular flexibility index (Phi) is 11.2. The van der Waals surface area contributed by atoms with E-state index in [-0.39, 0.29) is 0 Å². The molecule has 0 bridgehead atoms. The van der Waals surface area contributed by atoms with E-state index in [0.717, 1.165) is 30.9 Å². The van der Waals surface area contributed by atoms with Crippen molar-refractivity contribution < 1.29 is 9.63 Å². The normalized spacial score (nSPS) is 20.5. The number of nitrogens with zero attached hydrogens (tertiary/aromatic N) is 1. The zero-order valence-electron chi connectivity index (χ0n) is 13.7. The van der Waals surface area contributed by atoms with Crippen LogP contribution < -0.4 is 11.2 Å². The van der Waals surface area contributed by atoms with Gasteiger partial charge in [0.1, 0.15) is 0 Å². The lowest BCUT2D eigenvalue weighted by Crippen LogP contribution is -2.43. The first-order chi connectivity index (χ1) is 10.8. The minimum atomic E-state index is -0.666. The SMILES string of the molecule is NC(=O)N1NC#CCCCCCCCCCCCCCCO1. The molecule has 0 atom stereocenters. The van der Waals surface area contributed by atoms with Crippen LogP contribution in [0.4, 0.5) is 4.79 Å². The van der Waals surface area contributed by atoms with E-state index in [1.807, 2.05) is 0 Å². The fourth-order valence-electron chi connectivity index (χ4n) is 2.54. The third-order valence-electron chi connectivity index (χ3n) is 3.86. The van der Waals surface area contributed by atoms with Crippen molar-refractivity contribution in [1.29, 1.82) is 0 Å². The van der Waals surface area contributed by atoms with Gasteiger partial charge in [-0.05, 0) is 12.8 Å². The van der Waals surface area contributed by atoms with Gasteiger partial charge in [-0.2, -0.15) is 0 Å². The maximum Gasteiger partial charge on any atom is 0.359 e. The van der Waals surface area contributed by atoms with Gasteiger partial charge >= 0.3 is 6.03 Å². The largest absolute Gasteiger partial charge is 0.359 e. The number of hydrazine groups is 1. The summed E-state index contributed by atoms with van der Waals surface area (Å²) in [5, 5.41) is 0.932. The van der Waals surface area contributed by atoms with Crippen LogP contribution >= 0.6 is 0 Å². The molecule has 0 spiro atoms. The standard InChI is InChI=1S/C17H31N3O2/c18-17(21)20-19-15-13-11-9-7-5-3-1-2-4-6-8-10-12-14-16-22-20/h19H,1-12,14,16H2,(H2,18,21). The molecule has 5 heteroatoms. The third-order valence-corrected chi connectivity index (χ3v) is 3.86. The second kappa shape index (κ2) is 13.3. The van der Waals surface area contributed by atoms with Crippen LogP contribution in [-0.2, 0) is 4.84 Å². The van der Waals surface area contributed by atoms with E-state index in [0.29, 0.717) is 6.61 Å². The van der Waals surface area contributed by atoms with Crippen molar-refractivity contribution in [1.82, 2.24) is 10.6 Å². The molecule has 0 aromatic rings. The van der Waals surface area contributed by atoms with Crippen LogP contribution in [0.5, 0.6) is 0 Å². The van der Waals surface area contributed by atoms with Gasteiger partial charge in [0.2, 0.25) is 0 Å². The Morgan fingerprint density at radius 1 is 0.864 bits per heavy atom. The second-order valence-corrected chi connectivity index (χ2v) is 5.87. The molecule has 1 heterocycles. The van der Waals surface area contributed by atoms with Gasteiger partial charge in [0, 0.05) is 12.5 Å². The van der Waals surface area contributed by atoms with Gasteiger partial charge in [0.15, 0.2) is 0 Å². The van der Waals surface area contributed by atoms with Crippen LogP contribution in [0, 0.1) is 12.0 Å². The molecule has 0 fully saturated rings. The number of hydrogen-bond donors (Lipinski definition) is 2. The molecule has 0 unspecified atom stereocenters. The van der Waals surface area contributed by atoms with Crippen molar-refractivity contribution in [2.75, 3.05) is 6.61 Å². The Balaban J connectivity index is 2.32. The lowest BCUT2D eigenvalue weighted by molar-refractivity contribution is -0.139. The average Bonchev–Trinajstić information content (AvgIpc) is 2.50. The molecular weight excluding hydrogens is 278 g/mol. The molecule has 1 aliphatic rings. The molecule has 126 valence electrons. The van der Waals surface area contributed by atoms with Crippen LogP contribution in [0.15, 0.2) is 0 Å². The van der Waals surface area contributed by atoms with Crippen LogP contribution in [0.1, 0.15) is 83.5 Å². The minimum absolute atomic E-state index is 0.484. The molecule has 0 saturated heterocycles. The molecule has 3 N–H and O–H groups in total. The maximum absolute atomic E-state index is 11.2. The lowest BCUT2D eigenvalue weighted by Gasteiger charge is -2.17. The average molecular weight is 309 g/mol. The third kappa shape index (κ3) is 10.3. The van der Waals surface area contributed by atoms with Crippen LogP contribution in [0.25, 0.3) is 0 Å². The number of urea groups is 1. The summed E-state index contributed by atoms with van der Waals surface area (Å²) < 4.78 is 0. The monoisotopic (exact) mass is 309 g/mol. The van der Waals surface area contributed by atoms with E-state index in [4.69, 9.17) is 10.6 Å². The van der Waals surface area contributed by atoms with Crippen molar-refractivity contribution in [3.63, 3.8) is 0 Å². The summed E-state index contributed by atoms with van der Waals surface area (Å²) in [6.07, 6.45) is 15.8. The molecule has 0 aliphatic carbocycles. The van der Waals surface area contributed by atoms with E-state index in [2.05, 4.69) is 17.4 Å². The first-order valence-corrected chi connectivity index (χ1v) is 8.76. The number of nitrogens with one attached hydrogen (secondary N) is 1. The fraction of sp³-hybridized carbons (Fsp3) is 0.824.